The first kappa shape index (κ1) is 35.1. The Morgan fingerprint density at radius 2 is 0.557 bits per heavy atom. The maximum absolute atomic E-state index is 5.17. The third-order valence-electron chi connectivity index (χ3n) is 12.9. The van der Waals surface area contributed by atoms with Gasteiger partial charge in [-0.3, -0.25) is 0 Å². The Labute approximate surface area is 357 Å². The van der Waals surface area contributed by atoms with Crippen LogP contribution in [-0.4, -0.2) is 4.98 Å². The first-order valence-corrected chi connectivity index (χ1v) is 21.1. The van der Waals surface area contributed by atoms with Crippen molar-refractivity contribution in [2.45, 2.75) is 5.41 Å². The molecule has 1 spiro atoms. The molecule has 1 nitrogen and oxygen atoms in total. The van der Waals surface area contributed by atoms with Gasteiger partial charge in [-0.15, -0.1) is 0 Å². The van der Waals surface area contributed by atoms with Crippen molar-refractivity contribution in [3.8, 4) is 89.3 Å². The number of pyridine rings is 1. The highest BCUT2D eigenvalue weighted by atomic mass is 14.7. The molecule has 0 N–H and O–H groups in total. The summed E-state index contributed by atoms with van der Waals surface area (Å²) in [4.78, 5) is 5.17. The van der Waals surface area contributed by atoms with Gasteiger partial charge in [0.05, 0.1) is 16.8 Å². The van der Waals surface area contributed by atoms with Crippen molar-refractivity contribution < 1.29 is 0 Å². The zero-order valence-corrected chi connectivity index (χ0v) is 33.5. The maximum Gasteiger partial charge on any atom is 0.0725 e. The summed E-state index contributed by atoms with van der Waals surface area (Å²) in [5.41, 5.74) is 24.0. The van der Waals surface area contributed by atoms with Crippen LogP contribution in [0.1, 0.15) is 22.3 Å². The standard InChI is InChI=1S/C60H39N/c1-4-16-40(17-5-1)47-36-58(45-20-8-3-9-21-45)61-59(37-47)46-34-30-42(31-35-46)41-28-32-44(33-29-41)52-39-57-53(38-51(52)43-18-6-2-7-19-43)50-24-12-15-27-56(50)60(57)54-25-13-10-22-48(54)49-23-11-14-26-55(49)60/h1-39H. The minimum Gasteiger partial charge on any atom is -0.248 e. The van der Waals surface area contributed by atoms with Crippen LogP contribution < -0.4 is 0 Å². The second kappa shape index (κ2) is 14.2. The maximum atomic E-state index is 5.17. The van der Waals surface area contributed by atoms with Gasteiger partial charge in [0, 0.05) is 11.1 Å². The Balaban J connectivity index is 0.962. The fourth-order valence-electron chi connectivity index (χ4n) is 10.1. The van der Waals surface area contributed by atoms with Crippen LogP contribution in [0.5, 0.6) is 0 Å². The van der Waals surface area contributed by atoms with Crippen molar-refractivity contribution in [2.24, 2.45) is 0 Å². The predicted octanol–water partition coefficient (Wildman–Crippen LogP) is 15.4. The number of hydrogen-bond acceptors (Lipinski definition) is 1. The molecule has 0 saturated heterocycles. The lowest BCUT2D eigenvalue weighted by molar-refractivity contribution is 0.794. The Kier molecular flexibility index (Phi) is 8.15. The third kappa shape index (κ3) is 5.59. The molecule has 0 unspecified atom stereocenters. The lowest BCUT2D eigenvalue weighted by atomic mass is 9.70. The van der Waals surface area contributed by atoms with Crippen LogP contribution in [0.4, 0.5) is 0 Å². The van der Waals surface area contributed by atoms with Crippen molar-refractivity contribution in [3.63, 3.8) is 0 Å². The number of fused-ring (bicyclic) bond motifs is 10. The summed E-state index contributed by atoms with van der Waals surface area (Å²) in [6, 6.07) is 86.4. The Hall–Kier alpha value is -7.87. The summed E-state index contributed by atoms with van der Waals surface area (Å²) in [5, 5.41) is 0. The van der Waals surface area contributed by atoms with E-state index in [2.05, 4.69) is 231 Å². The first-order chi connectivity index (χ1) is 30.2. The van der Waals surface area contributed by atoms with Gasteiger partial charge in [-0.2, -0.15) is 0 Å². The minimum atomic E-state index is -0.401. The summed E-state index contributed by atoms with van der Waals surface area (Å²) < 4.78 is 0. The summed E-state index contributed by atoms with van der Waals surface area (Å²) in [5.74, 6) is 0. The lowest BCUT2D eigenvalue weighted by Crippen LogP contribution is -2.25. The fraction of sp³-hybridized carbons (Fsp3) is 0.0167. The average Bonchev–Trinajstić information content (AvgIpc) is 3.81. The number of rotatable bonds is 6. The molecule has 61 heavy (non-hydrogen) atoms. The van der Waals surface area contributed by atoms with E-state index in [1.807, 2.05) is 6.07 Å². The van der Waals surface area contributed by atoms with Crippen LogP contribution in [0.3, 0.4) is 0 Å². The Morgan fingerprint density at radius 1 is 0.213 bits per heavy atom. The van der Waals surface area contributed by atoms with Crippen molar-refractivity contribution in [3.05, 3.63) is 259 Å². The summed E-state index contributed by atoms with van der Waals surface area (Å²) in [6.45, 7) is 0. The van der Waals surface area contributed by atoms with Crippen LogP contribution in [0, 0.1) is 0 Å². The number of nitrogens with zero attached hydrogens (tertiary/aromatic N) is 1. The highest BCUT2D eigenvalue weighted by Crippen LogP contribution is 2.63. The molecule has 0 radical (unpaired) electrons. The van der Waals surface area contributed by atoms with Gasteiger partial charge < -0.3 is 0 Å². The van der Waals surface area contributed by atoms with Gasteiger partial charge in [0.2, 0.25) is 0 Å². The van der Waals surface area contributed by atoms with Gasteiger partial charge in [0.15, 0.2) is 0 Å². The second-order valence-corrected chi connectivity index (χ2v) is 16.2. The van der Waals surface area contributed by atoms with Crippen LogP contribution >= 0.6 is 0 Å². The van der Waals surface area contributed by atoms with E-state index in [1.54, 1.807) is 0 Å². The molecule has 0 fully saturated rings. The third-order valence-corrected chi connectivity index (χ3v) is 12.9. The van der Waals surface area contributed by atoms with Crippen molar-refractivity contribution in [1.82, 2.24) is 4.98 Å². The topological polar surface area (TPSA) is 12.9 Å². The summed E-state index contributed by atoms with van der Waals surface area (Å²) in [6.07, 6.45) is 0. The number of benzene rings is 9. The zero-order chi connectivity index (χ0) is 40.3. The molecule has 1 heteroatoms. The molecular weight excluding hydrogens is 735 g/mol. The van der Waals surface area contributed by atoms with E-state index in [0.717, 1.165) is 28.1 Å². The van der Waals surface area contributed by atoms with Gasteiger partial charge in [-0.05, 0) is 113 Å². The van der Waals surface area contributed by atoms with Crippen molar-refractivity contribution in [2.75, 3.05) is 0 Å². The van der Waals surface area contributed by atoms with E-state index in [4.69, 9.17) is 4.98 Å². The van der Waals surface area contributed by atoms with E-state index >= 15 is 0 Å². The summed E-state index contributed by atoms with van der Waals surface area (Å²) >= 11 is 0. The molecule has 0 amide bonds. The molecule has 2 aliphatic carbocycles. The molecule has 10 aromatic rings. The first-order valence-electron chi connectivity index (χ1n) is 21.1. The average molecular weight is 774 g/mol. The quantitative estimate of drug-likeness (QED) is 0.164. The number of hydrogen-bond donors (Lipinski definition) is 0. The highest BCUT2D eigenvalue weighted by molar-refractivity contribution is 5.99. The minimum absolute atomic E-state index is 0.401. The second-order valence-electron chi connectivity index (χ2n) is 16.2. The largest absolute Gasteiger partial charge is 0.248 e. The van der Waals surface area contributed by atoms with E-state index in [1.165, 1.54) is 83.5 Å². The highest BCUT2D eigenvalue weighted by Gasteiger charge is 2.51. The van der Waals surface area contributed by atoms with Gasteiger partial charge in [0.1, 0.15) is 0 Å². The van der Waals surface area contributed by atoms with Gasteiger partial charge in [0.25, 0.3) is 0 Å². The van der Waals surface area contributed by atoms with E-state index in [-0.39, 0.29) is 0 Å². The lowest BCUT2D eigenvalue weighted by Gasteiger charge is -2.31. The van der Waals surface area contributed by atoms with Gasteiger partial charge >= 0.3 is 0 Å². The van der Waals surface area contributed by atoms with E-state index in [0.29, 0.717) is 0 Å². The van der Waals surface area contributed by atoms with E-state index in [9.17, 15) is 0 Å². The van der Waals surface area contributed by atoms with Crippen LogP contribution in [0.15, 0.2) is 237 Å². The smallest absolute Gasteiger partial charge is 0.0725 e. The summed E-state index contributed by atoms with van der Waals surface area (Å²) in [7, 11) is 0. The fourth-order valence-corrected chi connectivity index (χ4v) is 10.1. The molecule has 0 atom stereocenters. The molecule has 284 valence electrons. The number of aromatic nitrogens is 1. The molecule has 12 rings (SSSR count). The molecule has 9 aromatic carbocycles. The molecule has 0 aliphatic heterocycles. The normalized spacial score (nSPS) is 12.7. The Morgan fingerprint density at radius 3 is 1.08 bits per heavy atom. The van der Waals surface area contributed by atoms with Crippen LogP contribution in [0.2, 0.25) is 0 Å². The molecule has 2 aliphatic rings. The van der Waals surface area contributed by atoms with Crippen LogP contribution in [-0.2, 0) is 5.41 Å². The Bertz CT molecular complexity index is 3150. The molecule has 1 aromatic heterocycles. The van der Waals surface area contributed by atoms with Gasteiger partial charge in [-0.1, -0.05) is 212 Å². The zero-order valence-electron chi connectivity index (χ0n) is 33.5. The molecule has 1 heterocycles. The predicted molar refractivity (Wildman–Crippen MR) is 253 cm³/mol. The van der Waals surface area contributed by atoms with E-state index < -0.39 is 5.41 Å². The molecule has 0 saturated carbocycles. The monoisotopic (exact) mass is 773 g/mol. The van der Waals surface area contributed by atoms with Crippen molar-refractivity contribution in [1.29, 1.82) is 0 Å². The van der Waals surface area contributed by atoms with Crippen LogP contribution in [0.25, 0.3) is 89.3 Å². The SMILES string of the molecule is c1ccc(-c2cc(-c3ccccc3)nc(-c3ccc(-c4ccc(-c5cc6c(cc5-c5ccccc5)-c5ccccc5C65c6ccccc6-c6ccccc65)cc4)cc3)c2)cc1. The van der Waals surface area contributed by atoms with Gasteiger partial charge in [-0.25, -0.2) is 4.98 Å². The van der Waals surface area contributed by atoms with Crippen molar-refractivity contribution >= 4 is 0 Å². The molecular formula is C60H39N. The molecule has 0 bridgehead atoms.